The Morgan fingerprint density at radius 1 is 1.44 bits per heavy atom. The zero-order valence-electron chi connectivity index (χ0n) is 10.7. The van der Waals surface area contributed by atoms with Crippen molar-refractivity contribution in [2.75, 3.05) is 6.61 Å². The number of rotatable bonds is 2. The highest BCUT2D eigenvalue weighted by Crippen LogP contribution is 2.23. The number of ether oxygens (including phenoxy) is 2. The molecule has 0 aromatic heterocycles. The van der Waals surface area contributed by atoms with Gasteiger partial charge in [0.25, 0.3) is 0 Å². The molecule has 1 heterocycles. The lowest BCUT2D eigenvalue weighted by atomic mass is 10.0. The molecular weight excluding hydrogens is 208 g/mol. The van der Waals surface area contributed by atoms with Crippen molar-refractivity contribution in [1.29, 1.82) is 0 Å². The first kappa shape index (κ1) is 13.3. The summed E-state index contributed by atoms with van der Waals surface area (Å²) in [5.74, 6) is 0. The van der Waals surface area contributed by atoms with Crippen LogP contribution in [0.25, 0.3) is 0 Å². The van der Waals surface area contributed by atoms with Crippen LogP contribution in [-0.4, -0.2) is 29.9 Å². The molecule has 1 aliphatic rings. The van der Waals surface area contributed by atoms with Gasteiger partial charge in [-0.05, 0) is 41.0 Å². The molecule has 1 saturated heterocycles. The lowest BCUT2D eigenvalue weighted by molar-refractivity contribution is 0.0349. The van der Waals surface area contributed by atoms with Crippen molar-refractivity contribution in [3.05, 3.63) is 0 Å². The minimum Gasteiger partial charge on any atom is -0.443 e. The summed E-state index contributed by atoms with van der Waals surface area (Å²) in [6.07, 6.45) is 0.403. The number of amides is 1. The number of carbonyl (C=O) groups excluding carboxylic acids is 1. The van der Waals surface area contributed by atoms with Gasteiger partial charge in [-0.2, -0.15) is 0 Å². The Balaban J connectivity index is 2.23. The number of hydrogen-bond donors (Lipinski definition) is 2. The molecule has 94 valence electrons. The molecular formula is C11H22N2O3. The van der Waals surface area contributed by atoms with Crippen LogP contribution < -0.4 is 10.9 Å². The van der Waals surface area contributed by atoms with E-state index in [-0.39, 0.29) is 11.6 Å². The van der Waals surface area contributed by atoms with Gasteiger partial charge >= 0.3 is 6.09 Å². The summed E-state index contributed by atoms with van der Waals surface area (Å²) in [4.78, 5) is 11.3. The number of hydrogen-bond acceptors (Lipinski definition) is 4. The average Bonchev–Trinajstić information content (AvgIpc) is 2.39. The zero-order chi connectivity index (χ0) is 12.4. The zero-order valence-corrected chi connectivity index (χ0v) is 10.7. The van der Waals surface area contributed by atoms with Gasteiger partial charge in [0.2, 0.25) is 0 Å². The van der Waals surface area contributed by atoms with Gasteiger partial charge < -0.3 is 9.47 Å². The van der Waals surface area contributed by atoms with Crippen molar-refractivity contribution in [2.24, 2.45) is 0 Å². The normalized spacial score (nSPS) is 24.2. The molecule has 0 spiro atoms. The molecule has 2 N–H and O–H groups in total. The summed E-state index contributed by atoms with van der Waals surface area (Å²) < 4.78 is 10.6. The fourth-order valence-corrected chi connectivity index (χ4v) is 1.59. The molecule has 0 aliphatic carbocycles. The molecule has 1 atom stereocenters. The van der Waals surface area contributed by atoms with E-state index in [9.17, 15) is 4.79 Å². The second kappa shape index (κ2) is 4.59. The van der Waals surface area contributed by atoms with Crippen LogP contribution >= 0.6 is 0 Å². The molecule has 5 heteroatoms. The van der Waals surface area contributed by atoms with Crippen molar-refractivity contribution in [2.45, 2.75) is 58.3 Å². The van der Waals surface area contributed by atoms with Gasteiger partial charge in [-0.15, -0.1) is 0 Å². The van der Waals surface area contributed by atoms with Crippen LogP contribution in [0.15, 0.2) is 0 Å². The smallest absolute Gasteiger partial charge is 0.422 e. The minimum atomic E-state index is -0.475. The van der Waals surface area contributed by atoms with Crippen molar-refractivity contribution in [3.63, 3.8) is 0 Å². The molecule has 1 amide bonds. The maximum atomic E-state index is 11.3. The van der Waals surface area contributed by atoms with Gasteiger partial charge in [0.05, 0.1) is 18.2 Å². The van der Waals surface area contributed by atoms with Gasteiger partial charge in [0.15, 0.2) is 0 Å². The predicted octanol–water partition coefficient (Wildman–Crippen LogP) is 1.58. The van der Waals surface area contributed by atoms with Crippen LogP contribution in [0.3, 0.4) is 0 Å². The molecule has 5 nitrogen and oxygen atoms in total. The average molecular weight is 230 g/mol. The van der Waals surface area contributed by atoms with Crippen LogP contribution in [0.2, 0.25) is 0 Å². The number of carbonyl (C=O) groups is 1. The van der Waals surface area contributed by atoms with Crippen LogP contribution in [0.5, 0.6) is 0 Å². The van der Waals surface area contributed by atoms with Gasteiger partial charge in [-0.1, -0.05) is 0 Å². The molecule has 1 fully saturated rings. The van der Waals surface area contributed by atoms with Crippen molar-refractivity contribution >= 4 is 6.09 Å². The van der Waals surface area contributed by atoms with Gasteiger partial charge in [-0.25, -0.2) is 10.2 Å². The van der Waals surface area contributed by atoms with E-state index >= 15 is 0 Å². The van der Waals surface area contributed by atoms with E-state index in [0.717, 1.165) is 6.42 Å². The number of hydrazine groups is 1. The third-order valence-corrected chi connectivity index (χ3v) is 2.19. The SMILES string of the molecule is CC(C)(C)OC(=O)NNC1COC(C)(C)C1. The Kier molecular flexibility index (Phi) is 3.80. The summed E-state index contributed by atoms with van der Waals surface area (Å²) in [6.45, 7) is 10.1. The Morgan fingerprint density at radius 2 is 2.06 bits per heavy atom. The fourth-order valence-electron chi connectivity index (χ4n) is 1.59. The highest BCUT2D eigenvalue weighted by atomic mass is 16.6. The quantitative estimate of drug-likeness (QED) is 0.707. The van der Waals surface area contributed by atoms with Crippen LogP contribution in [-0.2, 0) is 9.47 Å². The molecule has 0 radical (unpaired) electrons. The fraction of sp³-hybridized carbons (Fsp3) is 0.909. The first-order valence-electron chi connectivity index (χ1n) is 5.56. The number of nitrogens with one attached hydrogen (secondary N) is 2. The summed E-state index contributed by atoms with van der Waals surface area (Å²) in [7, 11) is 0. The molecule has 0 bridgehead atoms. The van der Waals surface area contributed by atoms with Crippen LogP contribution in [0.4, 0.5) is 4.79 Å². The maximum Gasteiger partial charge on any atom is 0.422 e. The molecule has 1 rings (SSSR count). The molecule has 16 heavy (non-hydrogen) atoms. The topological polar surface area (TPSA) is 59.6 Å². The van der Waals surface area contributed by atoms with E-state index in [2.05, 4.69) is 10.9 Å². The van der Waals surface area contributed by atoms with Crippen molar-refractivity contribution in [3.8, 4) is 0 Å². The van der Waals surface area contributed by atoms with Crippen LogP contribution in [0, 0.1) is 0 Å². The van der Waals surface area contributed by atoms with E-state index < -0.39 is 11.7 Å². The van der Waals surface area contributed by atoms with Gasteiger partial charge in [0.1, 0.15) is 5.60 Å². The van der Waals surface area contributed by atoms with E-state index in [4.69, 9.17) is 9.47 Å². The highest BCUT2D eigenvalue weighted by Gasteiger charge is 2.32. The van der Waals surface area contributed by atoms with Crippen molar-refractivity contribution < 1.29 is 14.3 Å². The summed E-state index contributed by atoms with van der Waals surface area (Å²) >= 11 is 0. The third-order valence-electron chi connectivity index (χ3n) is 2.19. The van der Waals surface area contributed by atoms with E-state index in [1.807, 2.05) is 34.6 Å². The first-order valence-corrected chi connectivity index (χ1v) is 5.56. The maximum absolute atomic E-state index is 11.3. The molecule has 1 aliphatic heterocycles. The molecule has 1 unspecified atom stereocenters. The standard InChI is InChI=1S/C11H22N2O3/c1-10(2,3)16-9(14)13-12-8-6-11(4,5)15-7-8/h8,12H,6-7H2,1-5H3,(H,13,14). The highest BCUT2D eigenvalue weighted by molar-refractivity contribution is 5.67. The second-order valence-corrected chi connectivity index (χ2v) is 5.74. The van der Waals surface area contributed by atoms with Crippen LogP contribution in [0.1, 0.15) is 41.0 Å². The second-order valence-electron chi connectivity index (χ2n) is 5.74. The lowest BCUT2D eigenvalue weighted by Crippen LogP contribution is -2.46. The third kappa shape index (κ3) is 4.81. The monoisotopic (exact) mass is 230 g/mol. The Labute approximate surface area is 96.8 Å². The largest absolute Gasteiger partial charge is 0.443 e. The van der Waals surface area contributed by atoms with E-state index in [1.54, 1.807) is 0 Å². The van der Waals surface area contributed by atoms with E-state index in [0.29, 0.717) is 6.61 Å². The van der Waals surface area contributed by atoms with E-state index in [1.165, 1.54) is 0 Å². The molecule has 0 saturated carbocycles. The molecule has 0 aromatic carbocycles. The lowest BCUT2D eigenvalue weighted by Gasteiger charge is -2.21. The summed E-state index contributed by atoms with van der Waals surface area (Å²) in [5, 5.41) is 0. The molecule has 0 aromatic rings. The predicted molar refractivity (Wildman–Crippen MR) is 60.9 cm³/mol. The summed E-state index contributed by atoms with van der Waals surface area (Å²) in [6, 6.07) is 0.141. The Bertz CT molecular complexity index is 258. The minimum absolute atomic E-state index is 0.118. The summed E-state index contributed by atoms with van der Waals surface area (Å²) in [5.41, 5.74) is 4.85. The first-order chi connectivity index (χ1) is 7.18. The Morgan fingerprint density at radius 3 is 2.50 bits per heavy atom. The van der Waals surface area contributed by atoms with Gasteiger partial charge in [-0.3, -0.25) is 5.43 Å². The Hall–Kier alpha value is -0.810. The van der Waals surface area contributed by atoms with Gasteiger partial charge in [0, 0.05) is 0 Å². The van der Waals surface area contributed by atoms with Crippen molar-refractivity contribution in [1.82, 2.24) is 10.9 Å².